The summed E-state index contributed by atoms with van der Waals surface area (Å²) in [5, 5.41) is 0.722. The summed E-state index contributed by atoms with van der Waals surface area (Å²) >= 11 is 1.53. The highest BCUT2D eigenvalue weighted by Crippen LogP contribution is 2.40. The van der Waals surface area contributed by atoms with Gasteiger partial charge in [-0.2, -0.15) is 0 Å². The van der Waals surface area contributed by atoms with Crippen molar-refractivity contribution in [3.8, 4) is 11.5 Å². The molecule has 1 aromatic heterocycles. The van der Waals surface area contributed by atoms with Crippen molar-refractivity contribution in [2.24, 2.45) is 0 Å². The van der Waals surface area contributed by atoms with Crippen LogP contribution in [0, 0.1) is 0 Å². The molecule has 6 nitrogen and oxygen atoms in total. The Kier molecular flexibility index (Phi) is 6.88. The Bertz CT molecular complexity index is 1090. The van der Waals surface area contributed by atoms with Gasteiger partial charge in [0, 0.05) is 24.2 Å². The number of halogens is 1. The number of carbonyl (C=O) groups is 1. The largest absolute Gasteiger partial charge is 0.454 e. The molecule has 8 heteroatoms. The second-order valence-electron chi connectivity index (χ2n) is 8.47. The Labute approximate surface area is 198 Å². The van der Waals surface area contributed by atoms with Gasteiger partial charge in [0.2, 0.25) is 6.79 Å². The molecule has 1 amide bonds. The molecular formula is C24H28ClN3O3S. The van der Waals surface area contributed by atoms with Crippen LogP contribution in [0.2, 0.25) is 0 Å². The van der Waals surface area contributed by atoms with Gasteiger partial charge in [-0.25, -0.2) is 4.98 Å². The molecule has 0 fully saturated rings. The van der Waals surface area contributed by atoms with Gasteiger partial charge in [-0.05, 0) is 76.0 Å². The summed E-state index contributed by atoms with van der Waals surface area (Å²) < 4.78 is 12.0. The first-order valence-electron chi connectivity index (χ1n) is 10.9. The number of fused-ring (bicyclic) bond motifs is 3. The molecule has 5 rings (SSSR count). The second kappa shape index (κ2) is 9.65. The topological polar surface area (TPSA) is 54.9 Å². The maximum absolute atomic E-state index is 13.6. The van der Waals surface area contributed by atoms with Gasteiger partial charge in [-0.3, -0.25) is 9.69 Å². The second-order valence-corrected chi connectivity index (χ2v) is 9.48. The minimum Gasteiger partial charge on any atom is -0.454 e. The predicted octanol–water partition coefficient (Wildman–Crippen LogP) is 4.92. The lowest BCUT2D eigenvalue weighted by molar-refractivity contribution is 0.0986. The molecule has 0 saturated carbocycles. The van der Waals surface area contributed by atoms with Gasteiger partial charge in [-0.15, -0.1) is 12.4 Å². The van der Waals surface area contributed by atoms with Crippen molar-refractivity contribution >= 4 is 45.0 Å². The highest BCUT2D eigenvalue weighted by Gasteiger charge is 2.24. The van der Waals surface area contributed by atoms with Gasteiger partial charge in [0.1, 0.15) is 0 Å². The summed E-state index contributed by atoms with van der Waals surface area (Å²) in [4.78, 5) is 22.4. The van der Waals surface area contributed by atoms with E-state index in [1.54, 1.807) is 0 Å². The molecule has 32 heavy (non-hydrogen) atoms. The Morgan fingerprint density at radius 3 is 2.56 bits per heavy atom. The molecule has 1 aliphatic carbocycles. The molecule has 2 heterocycles. The summed E-state index contributed by atoms with van der Waals surface area (Å²) in [5.74, 6) is 1.47. The molecule has 1 aliphatic heterocycles. The van der Waals surface area contributed by atoms with Crippen LogP contribution in [0.25, 0.3) is 10.2 Å². The SMILES string of the molecule is CN(C)CCCN(C(=O)c1ccc2c(c1)CCCC2)c1nc2cc3c(cc2s1)OCO3.Cl. The lowest BCUT2D eigenvalue weighted by Crippen LogP contribution is -2.33. The number of nitrogens with zero attached hydrogens (tertiary/aromatic N) is 3. The van der Waals surface area contributed by atoms with E-state index < -0.39 is 0 Å². The summed E-state index contributed by atoms with van der Waals surface area (Å²) in [6, 6.07) is 10.1. The molecule has 2 aromatic carbocycles. The number of carbonyl (C=O) groups excluding carboxylic acids is 1. The molecule has 0 N–H and O–H groups in total. The maximum Gasteiger partial charge on any atom is 0.260 e. The maximum atomic E-state index is 13.6. The summed E-state index contributed by atoms with van der Waals surface area (Å²) in [6.45, 7) is 1.78. The van der Waals surface area contributed by atoms with Crippen molar-refractivity contribution in [2.75, 3.05) is 38.9 Å². The number of thiazole rings is 1. The number of benzene rings is 2. The smallest absolute Gasteiger partial charge is 0.260 e. The van der Waals surface area contributed by atoms with E-state index in [-0.39, 0.29) is 25.1 Å². The first-order valence-corrected chi connectivity index (χ1v) is 11.7. The van der Waals surface area contributed by atoms with Crippen LogP contribution in [0.1, 0.15) is 40.7 Å². The average Bonchev–Trinajstić information content (AvgIpc) is 3.39. The first-order chi connectivity index (χ1) is 15.1. The van der Waals surface area contributed by atoms with Crippen molar-refractivity contribution < 1.29 is 14.3 Å². The molecule has 0 unspecified atom stereocenters. The van der Waals surface area contributed by atoms with E-state index in [0.717, 1.165) is 52.5 Å². The Balaban J connectivity index is 0.00000245. The molecule has 0 spiro atoms. The van der Waals surface area contributed by atoms with Crippen molar-refractivity contribution in [3.63, 3.8) is 0 Å². The average molecular weight is 474 g/mol. The van der Waals surface area contributed by atoms with E-state index in [9.17, 15) is 4.79 Å². The van der Waals surface area contributed by atoms with E-state index in [4.69, 9.17) is 14.5 Å². The predicted molar refractivity (Wildman–Crippen MR) is 131 cm³/mol. The number of amides is 1. The number of rotatable bonds is 6. The van der Waals surface area contributed by atoms with Crippen LogP contribution >= 0.6 is 23.7 Å². The van der Waals surface area contributed by atoms with Crippen molar-refractivity contribution in [1.82, 2.24) is 9.88 Å². The molecular weight excluding hydrogens is 446 g/mol. The number of aryl methyl sites for hydroxylation is 2. The lowest BCUT2D eigenvalue weighted by atomic mass is 9.90. The monoisotopic (exact) mass is 473 g/mol. The molecule has 0 radical (unpaired) electrons. The number of hydrogen-bond donors (Lipinski definition) is 0. The zero-order valence-electron chi connectivity index (χ0n) is 18.4. The van der Waals surface area contributed by atoms with Crippen LogP contribution in [0.15, 0.2) is 30.3 Å². The van der Waals surface area contributed by atoms with Crippen LogP contribution in [0.3, 0.4) is 0 Å². The zero-order valence-corrected chi connectivity index (χ0v) is 20.1. The van der Waals surface area contributed by atoms with Crippen LogP contribution in [0.5, 0.6) is 11.5 Å². The van der Waals surface area contributed by atoms with Crippen molar-refractivity contribution in [3.05, 3.63) is 47.0 Å². The van der Waals surface area contributed by atoms with Gasteiger partial charge in [0.15, 0.2) is 16.6 Å². The fourth-order valence-corrected chi connectivity index (χ4v) is 5.27. The molecule has 0 bridgehead atoms. The van der Waals surface area contributed by atoms with Crippen LogP contribution in [0.4, 0.5) is 5.13 Å². The van der Waals surface area contributed by atoms with Crippen LogP contribution in [-0.4, -0.2) is 49.8 Å². The Morgan fingerprint density at radius 2 is 1.78 bits per heavy atom. The third-order valence-corrected chi connectivity index (χ3v) is 6.97. The molecule has 3 aromatic rings. The summed E-state index contributed by atoms with van der Waals surface area (Å²) in [7, 11) is 4.10. The number of anilines is 1. The van der Waals surface area contributed by atoms with Crippen LogP contribution in [-0.2, 0) is 12.8 Å². The van der Waals surface area contributed by atoms with E-state index in [0.29, 0.717) is 12.3 Å². The normalized spacial score (nSPS) is 14.3. The fourth-order valence-electron chi connectivity index (χ4n) is 4.27. The molecule has 0 saturated heterocycles. The highest BCUT2D eigenvalue weighted by molar-refractivity contribution is 7.22. The fraction of sp³-hybridized carbons (Fsp3) is 0.417. The van der Waals surface area contributed by atoms with Crippen LogP contribution < -0.4 is 14.4 Å². The quantitative estimate of drug-likeness (QED) is 0.508. The third-order valence-electron chi connectivity index (χ3n) is 5.93. The minimum atomic E-state index is 0. The minimum absolute atomic E-state index is 0. The summed E-state index contributed by atoms with van der Waals surface area (Å²) in [6.07, 6.45) is 5.49. The number of ether oxygens (including phenoxy) is 2. The van der Waals surface area contributed by atoms with Gasteiger partial charge < -0.3 is 14.4 Å². The van der Waals surface area contributed by atoms with Gasteiger partial charge in [-0.1, -0.05) is 17.4 Å². The molecule has 170 valence electrons. The molecule has 0 atom stereocenters. The van der Waals surface area contributed by atoms with Gasteiger partial charge in [0.05, 0.1) is 10.2 Å². The van der Waals surface area contributed by atoms with E-state index >= 15 is 0 Å². The third kappa shape index (κ3) is 4.56. The van der Waals surface area contributed by atoms with Crippen molar-refractivity contribution in [1.29, 1.82) is 0 Å². The number of hydrogen-bond acceptors (Lipinski definition) is 6. The van der Waals surface area contributed by atoms with E-state index in [1.165, 1.54) is 35.3 Å². The first kappa shape index (κ1) is 22.8. The Morgan fingerprint density at radius 1 is 1.03 bits per heavy atom. The standard InChI is InChI=1S/C24H27N3O3S.ClH/c1-26(2)10-5-11-27(23(28)18-9-8-16-6-3-4-7-17(16)12-18)24-25-19-13-20-21(30-15-29-20)14-22(19)31-24;/h8-9,12-14H,3-7,10-11,15H2,1-2H3;1H. The van der Waals surface area contributed by atoms with Crippen molar-refractivity contribution in [2.45, 2.75) is 32.1 Å². The van der Waals surface area contributed by atoms with Gasteiger partial charge >= 0.3 is 0 Å². The lowest BCUT2D eigenvalue weighted by Gasteiger charge is -2.22. The van der Waals surface area contributed by atoms with E-state index in [2.05, 4.69) is 31.1 Å². The molecule has 2 aliphatic rings. The Hall–Kier alpha value is -2.35. The summed E-state index contributed by atoms with van der Waals surface area (Å²) in [5.41, 5.74) is 4.29. The highest BCUT2D eigenvalue weighted by atomic mass is 35.5. The number of aromatic nitrogens is 1. The van der Waals surface area contributed by atoms with E-state index in [1.807, 2.05) is 23.1 Å². The van der Waals surface area contributed by atoms with Gasteiger partial charge in [0.25, 0.3) is 5.91 Å². The zero-order chi connectivity index (χ0) is 21.4.